The number of aromatic amines is 1. The number of carbonyl (C=O) groups excluding carboxylic acids is 1. The molecule has 1 aliphatic heterocycles. The van der Waals surface area contributed by atoms with E-state index in [9.17, 15) is 27.9 Å². The fourth-order valence-electron chi connectivity index (χ4n) is 4.75. The molecule has 1 fully saturated rings. The van der Waals surface area contributed by atoms with Crippen LogP contribution in [0.3, 0.4) is 0 Å². The Balaban J connectivity index is 1.63. The fraction of sp³-hybridized carbons (Fsp3) is 0.500. The minimum Gasteiger partial charge on any atom is -0.444 e. The Kier molecular flexibility index (Phi) is 7.21. The summed E-state index contributed by atoms with van der Waals surface area (Å²) < 4.78 is 45.9. The molecule has 0 aliphatic carbocycles. The van der Waals surface area contributed by atoms with Crippen LogP contribution in [0.5, 0.6) is 0 Å². The Morgan fingerprint density at radius 1 is 1.18 bits per heavy atom. The standard InChI is InChI=1S/C26H32F3N5O4/c1-5-25(11-14-33(15-12-25)23(37)38-24(2,3)4)34-18-10-13-30-22(36)19(18)21(32-34)31-17-8-6-16(7-9-17)20(35)26(27,28)29/h6-10,13,20,35H,5,11-12,14-15H2,1-4H3,(H,30,36)(H,31,32)/t20-/m0/s1. The number of hydrogen-bond donors (Lipinski definition) is 3. The van der Waals surface area contributed by atoms with Crippen molar-refractivity contribution in [2.24, 2.45) is 0 Å². The number of aliphatic hydroxyl groups excluding tert-OH is 1. The van der Waals surface area contributed by atoms with Gasteiger partial charge in [0, 0.05) is 25.0 Å². The van der Waals surface area contributed by atoms with Crippen molar-refractivity contribution in [2.45, 2.75) is 70.4 Å². The smallest absolute Gasteiger partial charge is 0.418 e. The summed E-state index contributed by atoms with van der Waals surface area (Å²) in [7, 11) is 0. The van der Waals surface area contributed by atoms with Gasteiger partial charge in [0.2, 0.25) is 0 Å². The first-order chi connectivity index (χ1) is 17.7. The van der Waals surface area contributed by atoms with Crippen molar-refractivity contribution in [3.05, 3.63) is 52.4 Å². The number of pyridine rings is 1. The summed E-state index contributed by atoms with van der Waals surface area (Å²) in [4.78, 5) is 29.7. The van der Waals surface area contributed by atoms with E-state index in [0.29, 0.717) is 48.9 Å². The van der Waals surface area contributed by atoms with Crippen LogP contribution < -0.4 is 10.9 Å². The summed E-state index contributed by atoms with van der Waals surface area (Å²) >= 11 is 0. The number of hydrogen-bond acceptors (Lipinski definition) is 6. The molecule has 3 heterocycles. The van der Waals surface area contributed by atoms with Gasteiger partial charge in [0.1, 0.15) is 11.0 Å². The third-order valence-corrected chi connectivity index (χ3v) is 6.86. The van der Waals surface area contributed by atoms with Crippen LogP contribution in [0.25, 0.3) is 10.9 Å². The Hall–Kier alpha value is -3.54. The predicted molar refractivity (Wildman–Crippen MR) is 136 cm³/mol. The van der Waals surface area contributed by atoms with Gasteiger partial charge in [-0.2, -0.15) is 18.3 Å². The molecule has 38 heavy (non-hydrogen) atoms. The van der Waals surface area contributed by atoms with E-state index in [4.69, 9.17) is 9.84 Å². The maximum absolute atomic E-state index is 12.8. The lowest BCUT2D eigenvalue weighted by molar-refractivity contribution is -0.206. The van der Waals surface area contributed by atoms with Crippen molar-refractivity contribution in [1.29, 1.82) is 0 Å². The molecule has 1 aromatic carbocycles. The van der Waals surface area contributed by atoms with E-state index in [1.54, 1.807) is 17.2 Å². The number of nitrogens with one attached hydrogen (secondary N) is 2. The van der Waals surface area contributed by atoms with Gasteiger partial charge < -0.3 is 25.0 Å². The molecule has 0 unspecified atom stereocenters. The van der Waals surface area contributed by atoms with Crippen LogP contribution in [-0.2, 0) is 10.3 Å². The summed E-state index contributed by atoms with van der Waals surface area (Å²) in [6, 6.07) is 6.88. The number of piperidine rings is 1. The van der Waals surface area contributed by atoms with Gasteiger partial charge in [-0.25, -0.2) is 4.79 Å². The average molecular weight is 536 g/mol. The summed E-state index contributed by atoms with van der Waals surface area (Å²) in [5.41, 5.74) is -0.711. The zero-order chi connectivity index (χ0) is 27.9. The largest absolute Gasteiger partial charge is 0.444 e. The number of amides is 1. The number of benzene rings is 1. The number of alkyl halides is 3. The number of fused-ring (bicyclic) bond motifs is 1. The van der Waals surface area contributed by atoms with Gasteiger partial charge in [-0.05, 0) is 63.8 Å². The van der Waals surface area contributed by atoms with Gasteiger partial charge in [0.25, 0.3) is 5.56 Å². The van der Waals surface area contributed by atoms with Crippen LogP contribution in [0.15, 0.2) is 41.3 Å². The van der Waals surface area contributed by atoms with E-state index >= 15 is 0 Å². The molecule has 1 amide bonds. The zero-order valence-electron chi connectivity index (χ0n) is 21.7. The van der Waals surface area contributed by atoms with Gasteiger partial charge in [-0.15, -0.1) is 0 Å². The Morgan fingerprint density at radius 2 is 1.82 bits per heavy atom. The van der Waals surface area contributed by atoms with Crippen molar-refractivity contribution in [3.8, 4) is 0 Å². The number of aliphatic hydroxyl groups is 1. The number of carbonyl (C=O) groups is 1. The van der Waals surface area contributed by atoms with Gasteiger partial charge in [0.05, 0.1) is 11.1 Å². The molecule has 1 aliphatic rings. The number of halogens is 3. The fourth-order valence-corrected chi connectivity index (χ4v) is 4.75. The molecule has 4 rings (SSSR count). The van der Waals surface area contributed by atoms with Gasteiger partial charge >= 0.3 is 12.3 Å². The molecular weight excluding hydrogens is 503 g/mol. The second-order valence-electron chi connectivity index (χ2n) is 10.6. The minimum atomic E-state index is -4.77. The number of ether oxygens (including phenoxy) is 1. The van der Waals surface area contributed by atoms with Gasteiger partial charge in [0.15, 0.2) is 11.9 Å². The normalized spacial score (nSPS) is 16.9. The second-order valence-corrected chi connectivity index (χ2v) is 10.6. The lowest BCUT2D eigenvalue weighted by Gasteiger charge is -2.42. The molecule has 206 valence electrons. The molecule has 0 spiro atoms. The number of anilines is 2. The van der Waals surface area contributed by atoms with Crippen molar-refractivity contribution >= 4 is 28.5 Å². The number of rotatable bonds is 5. The summed E-state index contributed by atoms with van der Waals surface area (Å²) in [5.74, 6) is 0.258. The van der Waals surface area contributed by atoms with Crippen LogP contribution in [0.2, 0.25) is 0 Å². The number of nitrogens with zero attached hydrogens (tertiary/aromatic N) is 3. The summed E-state index contributed by atoms with van der Waals surface area (Å²) in [5, 5.41) is 17.6. The lowest BCUT2D eigenvalue weighted by atomic mass is 9.85. The number of H-pyrrole nitrogens is 1. The molecule has 0 radical (unpaired) electrons. The molecule has 3 N–H and O–H groups in total. The second kappa shape index (κ2) is 9.97. The quantitative estimate of drug-likeness (QED) is 0.414. The predicted octanol–water partition coefficient (Wildman–Crippen LogP) is 5.20. The summed E-state index contributed by atoms with van der Waals surface area (Å²) in [6.07, 6.45) is -4.31. The van der Waals surface area contributed by atoms with E-state index in [1.165, 1.54) is 24.3 Å². The highest BCUT2D eigenvalue weighted by Crippen LogP contribution is 2.38. The molecule has 12 heteroatoms. The molecule has 0 saturated carbocycles. The van der Waals surface area contributed by atoms with Crippen LogP contribution >= 0.6 is 0 Å². The topological polar surface area (TPSA) is 112 Å². The van der Waals surface area contributed by atoms with Crippen molar-refractivity contribution in [2.75, 3.05) is 18.4 Å². The molecule has 9 nitrogen and oxygen atoms in total. The van der Waals surface area contributed by atoms with E-state index in [0.717, 1.165) is 0 Å². The van der Waals surface area contributed by atoms with Crippen LogP contribution in [0, 0.1) is 0 Å². The Morgan fingerprint density at radius 3 is 2.37 bits per heavy atom. The SMILES string of the molecule is CCC1(n2nc(Nc3ccc([C@H](O)C(F)(F)F)cc3)c3c(=O)[nH]ccc32)CCN(C(=O)OC(C)(C)C)CC1. The van der Waals surface area contributed by atoms with Crippen LogP contribution in [0.1, 0.15) is 58.6 Å². The third-order valence-electron chi connectivity index (χ3n) is 6.86. The Bertz CT molecular complexity index is 1350. The third kappa shape index (κ3) is 5.50. The average Bonchev–Trinajstić information content (AvgIpc) is 3.22. The Labute approximate surface area is 217 Å². The lowest BCUT2D eigenvalue weighted by Crippen LogP contribution is -2.49. The van der Waals surface area contributed by atoms with Gasteiger partial charge in [-0.1, -0.05) is 19.1 Å². The van der Waals surface area contributed by atoms with E-state index in [1.807, 2.05) is 32.4 Å². The van der Waals surface area contributed by atoms with Crippen LogP contribution in [0.4, 0.5) is 29.5 Å². The van der Waals surface area contributed by atoms with Crippen molar-refractivity contribution < 1.29 is 27.8 Å². The van der Waals surface area contributed by atoms with E-state index in [2.05, 4.69) is 10.3 Å². The molecule has 2 aromatic heterocycles. The maximum atomic E-state index is 12.8. The van der Waals surface area contributed by atoms with Crippen LogP contribution in [-0.4, -0.2) is 55.7 Å². The highest BCUT2D eigenvalue weighted by atomic mass is 19.4. The maximum Gasteiger partial charge on any atom is 0.418 e. The number of likely N-dealkylation sites (tertiary alicyclic amines) is 1. The monoisotopic (exact) mass is 535 g/mol. The van der Waals surface area contributed by atoms with E-state index < -0.39 is 23.4 Å². The zero-order valence-corrected chi connectivity index (χ0v) is 21.7. The molecule has 1 atom stereocenters. The highest BCUT2D eigenvalue weighted by molar-refractivity contribution is 5.91. The summed E-state index contributed by atoms with van der Waals surface area (Å²) in [6.45, 7) is 8.40. The first-order valence-electron chi connectivity index (χ1n) is 12.4. The first kappa shape index (κ1) is 27.5. The van der Waals surface area contributed by atoms with Crippen molar-refractivity contribution in [1.82, 2.24) is 19.7 Å². The minimum absolute atomic E-state index is 0.258. The highest BCUT2D eigenvalue weighted by Gasteiger charge is 2.40. The molecule has 3 aromatic rings. The van der Waals surface area contributed by atoms with Crippen molar-refractivity contribution in [3.63, 3.8) is 0 Å². The number of aromatic nitrogens is 3. The van der Waals surface area contributed by atoms with E-state index in [-0.39, 0.29) is 23.0 Å². The molecule has 0 bridgehead atoms. The first-order valence-corrected chi connectivity index (χ1v) is 12.4. The molecule has 1 saturated heterocycles. The van der Waals surface area contributed by atoms with Gasteiger partial charge in [-0.3, -0.25) is 9.48 Å². The molecular formula is C26H32F3N5O4.